The summed E-state index contributed by atoms with van der Waals surface area (Å²) >= 11 is 0. The average Bonchev–Trinajstić information content (AvgIpc) is 2.52. The zero-order valence-electron chi connectivity index (χ0n) is 13.3. The molecule has 6 heteroatoms. The van der Waals surface area contributed by atoms with Gasteiger partial charge < -0.3 is 4.74 Å². The number of esters is 1. The monoisotopic (exact) mass is 333 g/mol. The minimum absolute atomic E-state index is 0.0286. The number of sulfonamides is 1. The third-order valence-corrected chi connectivity index (χ3v) is 4.71. The van der Waals surface area contributed by atoms with Crippen LogP contribution in [0.2, 0.25) is 0 Å². The van der Waals surface area contributed by atoms with Gasteiger partial charge in [-0.1, -0.05) is 35.4 Å². The van der Waals surface area contributed by atoms with Gasteiger partial charge in [0.15, 0.2) is 0 Å². The third kappa shape index (κ3) is 4.40. The van der Waals surface area contributed by atoms with Crippen molar-refractivity contribution < 1.29 is 17.9 Å². The maximum absolute atomic E-state index is 12.1. The van der Waals surface area contributed by atoms with Gasteiger partial charge in [0.05, 0.1) is 10.5 Å². The number of carbonyl (C=O) groups is 1. The topological polar surface area (TPSA) is 72.5 Å². The zero-order chi connectivity index (χ0) is 17.0. The highest BCUT2D eigenvalue weighted by Crippen LogP contribution is 2.14. The standard InChI is InChI=1S/C17H19NO4S/c1-12-7-13(2)9-14(8-12)11-22-17(19)15-5-4-6-16(10-15)23(20,21)18-3/h4-10,18H,11H2,1-3H3. The molecule has 0 spiro atoms. The van der Waals surface area contributed by atoms with Crippen molar-refractivity contribution in [2.45, 2.75) is 25.3 Å². The highest BCUT2D eigenvalue weighted by molar-refractivity contribution is 7.89. The summed E-state index contributed by atoms with van der Waals surface area (Å²) in [6.07, 6.45) is 0. The van der Waals surface area contributed by atoms with Crippen LogP contribution in [0.1, 0.15) is 27.0 Å². The van der Waals surface area contributed by atoms with E-state index in [0.29, 0.717) is 0 Å². The fourth-order valence-electron chi connectivity index (χ4n) is 2.29. The number of hydrogen-bond donors (Lipinski definition) is 1. The fourth-order valence-corrected chi connectivity index (χ4v) is 3.07. The summed E-state index contributed by atoms with van der Waals surface area (Å²) in [4.78, 5) is 12.1. The van der Waals surface area contributed by atoms with Crippen LogP contribution in [0.5, 0.6) is 0 Å². The first kappa shape index (κ1) is 17.2. The molecule has 2 aromatic rings. The molecule has 0 saturated carbocycles. The highest BCUT2D eigenvalue weighted by Gasteiger charge is 2.15. The number of aryl methyl sites for hydroxylation is 2. The van der Waals surface area contributed by atoms with Crippen molar-refractivity contribution >= 4 is 16.0 Å². The van der Waals surface area contributed by atoms with Gasteiger partial charge in [-0.2, -0.15) is 0 Å². The van der Waals surface area contributed by atoms with E-state index >= 15 is 0 Å². The first-order valence-corrected chi connectivity index (χ1v) is 8.58. The van der Waals surface area contributed by atoms with Crippen LogP contribution < -0.4 is 4.72 Å². The number of rotatable bonds is 5. The molecule has 0 saturated heterocycles. The molecule has 23 heavy (non-hydrogen) atoms. The molecule has 2 aromatic carbocycles. The smallest absolute Gasteiger partial charge is 0.338 e. The van der Waals surface area contributed by atoms with Crippen molar-refractivity contribution in [3.05, 3.63) is 64.7 Å². The van der Waals surface area contributed by atoms with Crippen molar-refractivity contribution in [2.24, 2.45) is 0 Å². The lowest BCUT2D eigenvalue weighted by molar-refractivity contribution is 0.0472. The Labute approximate surface area is 136 Å². The molecule has 0 aromatic heterocycles. The van der Waals surface area contributed by atoms with Crippen LogP contribution in [0.4, 0.5) is 0 Å². The van der Waals surface area contributed by atoms with Crippen molar-refractivity contribution in [1.29, 1.82) is 0 Å². The maximum atomic E-state index is 12.1. The molecule has 0 aliphatic heterocycles. The molecular weight excluding hydrogens is 314 g/mol. The van der Waals surface area contributed by atoms with E-state index in [1.54, 1.807) is 0 Å². The molecule has 2 rings (SSSR count). The van der Waals surface area contributed by atoms with Gasteiger partial charge in [-0.3, -0.25) is 0 Å². The lowest BCUT2D eigenvalue weighted by atomic mass is 10.1. The molecular formula is C17H19NO4S. The first-order valence-electron chi connectivity index (χ1n) is 7.10. The molecule has 0 unspecified atom stereocenters. The first-order chi connectivity index (χ1) is 10.8. The largest absolute Gasteiger partial charge is 0.457 e. The molecule has 1 N–H and O–H groups in total. The Morgan fingerprint density at radius 2 is 1.74 bits per heavy atom. The summed E-state index contributed by atoms with van der Waals surface area (Å²) in [6, 6.07) is 11.7. The maximum Gasteiger partial charge on any atom is 0.338 e. The van der Waals surface area contributed by atoms with E-state index in [0.717, 1.165) is 16.7 Å². The number of benzene rings is 2. The summed E-state index contributed by atoms with van der Waals surface area (Å²) in [5, 5.41) is 0. The van der Waals surface area contributed by atoms with E-state index in [9.17, 15) is 13.2 Å². The summed E-state index contributed by atoms with van der Waals surface area (Å²) in [7, 11) is -2.27. The van der Waals surface area contributed by atoms with Crippen molar-refractivity contribution in [3.63, 3.8) is 0 Å². The number of ether oxygens (including phenoxy) is 1. The highest BCUT2D eigenvalue weighted by atomic mass is 32.2. The van der Waals surface area contributed by atoms with Crippen molar-refractivity contribution in [3.8, 4) is 0 Å². The van der Waals surface area contributed by atoms with Crippen LogP contribution in [0.25, 0.3) is 0 Å². The quantitative estimate of drug-likeness (QED) is 0.854. The Kier molecular flexibility index (Phi) is 5.18. The minimum Gasteiger partial charge on any atom is -0.457 e. The van der Waals surface area contributed by atoms with Gasteiger partial charge in [-0.05, 0) is 44.7 Å². The van der Waals surface area contributed by atoms with E-state index in [1.165, 1.54) is 31.3 Å². The molecule has 122 valence electrons. The van der Waals surface area contributed by atoms with Crippen LogP contribution in [-0.2, 0) is 21.4 Å². The molecule has 5 nitrogen and oxygen atoms in total. The van der Waals surface area contributed by atoms with Crippen LogP contribution in [0.3, 0.4) is 0 Å². The van der Waals surface area contributed by atoms with E-state index < -0.39 is 16.0 Å². The minimum atomic E-state index is -3.59. The van der Waals surface area contributed by atoms with E-state index in [-0.39, 0.29) is 17.1 Å². The van der Waals surface area contributed by atoms with Gasteiger partial charge in [-0.15, -0.1) is 0 Å². The predicted octanol–water partition coefficient (Wildman–Crippen LogP) is 2.57. The summed E-state index contributed by atoms with van der Waals surface area (Å²) in [6.45, 7) is 4.10. The molecule has 0 radical (unpaired) electrons. The van der Waals surface area contributed by atoms with Crippen LogP contribution in [0, 0.1) is 13.8 Å². The Morgan fingerprint density at radius 1 is 1.09 bits per heavy atom. The normalized spacial score (nSPS) is 11.3. The Bertz CT molecular complexity index is 808. The van der Waals surface area contributed by atoms with Gasteiger partial charge in [0.2, 0.25) is 10.0 Å². The fraction of sp³-hybridized carbons (Fsp3) is 0.235. The Balaban J connectivity index is 2.14. The summed E-state index contributed by atoms with van der Waals surface area (Å²) < 4.78 is 31.0. The van der Waals surface area contributed by atoms with Gasteiger partial charge in [-0.25, -0.2) is 17.9 Å². The molecule has 0 fully saturated rings. The summed E-state index contributed by atoms with van der Waals surface area (Å²) in [5.74, 6) is -0.558. The van der Waals surface area contributed by atoms with E-state index in [2.05, 4.69) is 4.72 Å². The summed E-state index contributed by atoms with van der Waals surface area (Å²) in [5.41, 5.74) is 3.29. The zero-order valence-corrected chi connectivity index (χ0v) is 14.1. The molecule has 0 aliphatic rings. The van der Waals surface area contributed by atoms with Crippen molar-refractivity contribution in [1.82, 2.24) is 4.72 Å². The predicted molar refractivity (Wildman–Crippen MR) is 87.7 cm³/mol. The van der Waals surface area contributed by atoms with Crippen LogP contribution in [-0.4, -0.2) is 21.4 Å². The average molecular weight is 333 g/mol. The lowest BCUT2D eigenvalue weighted by Gasteiger charge is -2.08. The molecule has 0 atom stereocenters. The van der Waals surface area contributed by atoms with Gasteiger partial charge >= 0.3 is 5.97 Å². The molecule has 0 heterocycles. The number of carbonyl (C=O) groups excluding carboxylic acids is 1. The van der Waals surface area contributed by atoms with E-state index in [1.807, 2.05) is 32.0 Å². The van der Waals surface area contributed by atoms with Crippen LogP contribution >= 0.6 is 0 Å². The van der Waals surface area contributed by atoms with Crippen LogP contribution in [0.15, 0.2) is 47.4 Å². The van der Waals surface area contributed by atoms with E-state index in [4.69, 9.17) is 4.74 Å². The van der Waals surface area contributed by atoms with Gasteiger partial charge in [0, 0.05) is 0 Å². The third-order valence-electron chi connectivity index (χ3n) is 3.30. The molecule has 0 bridgehead atoms. The second-order valence-corrected chi connectivity index (χ2v) is 7.19. The molecule has 0 aliphatic carbocycles. The lowest BCUT2D eigenvalue weighted by Crippen LogP contribution is -2.19. The SMILES string of the molecule is CNS(=O)(=O)c1cccc(C(=O)OCc2cc(C)cc(C)c2)c1. The van der Waals surface area contributed by atoms with Crippen molar-refractivity contribution in [2.75, 3.05) is 7.05 Å². The van der Waals surface area contributed by atoms with Gasteiger partial charge in [0.1, 0.15) is 6.61 Å². The Morgan fingerprint density at radius 3 is 2.35 bits per heavy atom. The second kappa shape index (κ2) is 6.93. The molecule has 0 amide bonds. The number of hydrogen-bond acceptors (Lipinski definition) is 4. The Hall–Kier alpha value is -2.18. The number of nitrogens with one attached hydrogen (secondary N) is 1. The second-order valence-electron chi connectivity index (χ2n) is 5.31. The van der Waals surface area contributed by atoms with Gasteiger partial charge in [0.25, 0.3) is 0 Å².